The molecule has 0 unspecified atom stereocenters. The molecular formula is C21H24N2O4. The highest BCUT2D eigenvalue weighted by molar-refractivity contribution is 5.94. The van der Waals surface area contributed by atoms with Crippen LogP contribution >= 0.6 is 0 Å². The quantitative estimate of drug-likeness (QED) is 0.733. The summed E-state index contributed by atoms with van der Waals surface area (Å²) in [6, 6.07) is 12.9. The maximum absolute atomic E-state index is 11.9. The van der Waals surface area contributed by atoms with Crippen molar-refractivity contribution in [1.82, 2.24) is 0 Å². The second kappa shape index (κ2) is 9.52. The summed E-state index contributed by atoms with van der Waals surface area (Å²) in [5.74, 6) is -1.30. The Morgan fingerprint density at radius 3 is 2.07 bits per heavy atom. The first-order chi connectivity index (χ1) is 12.8. The minimum atomic E-state index is -0.593. The van der Waals surface area contributed by atoms with E-state index in [2.05, 4.69) is 10.6 Å². The lowest BCUT2D eigenvalue weighted by Gasteiger charge is -2.08. The van der Waals surface area contributed by atoms with Gasteiger partial charge < -0.3 is 15.4 Å². The van der Waals surface area contributed by atoms with E-state index in [0.29, 0.717) is 11.4 Å². The van der Waals surface area contributed by atoms with Crippen molar-refractivity contribution in [2.24, 2.45) is 0 Å². The van der Waals surface area contributed by atoms with Gasteiger partial charge in [-0.25, -0.2) is 0 Å². The summed E-state index contributed by atoms with van der Waals surface area (Å²) in [6.07, 6.45) is -0.0974. The van der Waals surface area contributed by atoms with Crippen molar-refractivity contribution in [1.29, 1.82) is 0 Å². The van der Waals surface area contributed by atoms with Crippen LogP contribution in [0.15, 0.2) is 42.5 Å². The number of amides is 2. The Hall–Kier alpha value is -3.15. The third kappa shape index (κ3) is 6.93. The molecule has 0 saturated carbocycles. The number of benzene rings is 2. The van der Waals surface area contributed by atoms with Crippen LogP contribution in [-0.2, 0) is 19.1 Å². The number of rotatable bonds is 7. The van der Waals surface area contributed by atoms with Gasteiger partial charge in [0.2, 0.25) is 5.91 Å². The Balaban J connectivity index is 1.69. The average Bonchev–Trinajstić information content (AvgIpc) is 2.63. The van der Waals surface area contributed by atoms with Crippen molar-refractivity contribution in [2.75, 3.05) is 17.2 Å². The van der Waals surface area contributed by atoms with Crippen LogP contribution in [0.5, 0.6) is 0 Å². The first kappa shape index (κ1) is 20.2. The predicted octanol–water partition coefficient (Wildman–Crippen LogP) is 3.51. The lowest BCUT2D eigenvalue weighted by Crippen LogP contribution is -2.21. The SMILES string of the molecule is Cc1ccc(NC(=O)COC(=O)CCC(=O)Nc2ccc(C)c(C)c2)cc1. The molecule has 0 bridgehead atoms. The van der Waals surface area contributed by atoms with Crippen LogP contribution in [0, 0.1) is 20.8 Å². The number of esters is 1. The smallest absolute Gasteiger partial charge is 0.306 e. The normalized spacial score (nSPS) is 10.2. The Kier molecular flexibility index (Phi) is 7.11. The molecule has 0 atom stereocenters. The van der Waals surface area contributed by atoms with Crippen LogP contribution in [0.25, 0.3) is 0 Å². The first-order valence-electron chi connectivity index (χ1n) is 8.73. The maximum Gasteiger partial charge on any atom is 0.306 e. The van der Waals surface area contributed by atoms with Gasteiger partial charge >= 0.3 is 5.97 Å². The molecule has 0 fully saturated rings. The molecule has 2 aromatic rings. The van der Waals surface area contributed by atoms with Crippen molar-refractivity contribution in [3.8, 4) is 0 Å². The third-order valence-corrected chi connectivity index (χ3v) is 4.05. The largest absolute Gasteiger partial charge is 0.456 e. The van der Waals surface area contributed by atoms with E-state index in [4.69, 9.17) is 4.74 Å². The number of anilines is 2. The number of carbonyl (C=O) groups excluding carboxylic acids is 3. The lowest BCUT2D eigenvalue weighted by molar-refractivity contribution is -0.147. The highest BCUT2D eigenvalue weighted by Gasteiger charge is 2.11. The van der Waals surface area contributed by atoms with Gasteiger partial charge in [-0.05, 0) is 56.2 Å². The summed E-state index contributed by atoms with van der Waals surface area (Å²) in [7, 11) is 0. The highest BCUT2D eigenvalue weighted by atomic mass is 16.5. The number of aryl methyl sites for hydroxylation is 3. The molecule has 142 valence electrons. The van der Waals surface area contributed by atoms with E-state index in [1.54, 1.807) is 12.1 Å². The summed E-state index contributed by atoms with van der Waals surface area (Å²) in [5, 5.41) is 5.38. The Morgan fingerprint density at radius 2 is 1.41 bits per heavy atom. The topological polar surface area (TPSA) is 84.5 Å². The third-order valence-electron chi connectivity index (χ3n) is 4.05. The Morgan fingerprint density at radius 1 is 0.778 bits per heavy atom. The Bertz CT molecular complexity index is 829. The zero-order valence-electron chi connectivity index (χ0n) is 15.8. The van der Waals surface area contributed by atoms with Crippen LogP contribution in [0.2, 0.25) is 0 Å². The van der Waals surface area contributed by atoms with E-state index in [-0.39, 0.29) is 25.4 Å². The van der Waals surface area contributed by atoms with E-state index in [1.807, 2.05) is 51.1 Å². The fourth-order valence-corrected chi connectivity index (χ4v) is 2.31. The van der Waals surface area contributed by atoms with Gasteiger partial charge in [0.1, 0.15) is 0 Å². The molecule has 6 heteroatoms. The van der Waals surface area contributed by atoms with Crippen LogP contribution in [0.3, 0.4) is 0 Å². The van der Waals surface area contributed by atoms with Crippen molar-refractivity contribution in [2.45, 2.75) is 33.6 Å². The predicted molar refractivity (Wildman–Crippen MR) is 105 cm³/mol. The molecule has 2 aromatic carbocycles. The highest BCUT2D eigenvalue weighted by Crippen LogP contribution is 2.14. The van der Waals surface area contributed by atoms with Crippen LogP contribution in [0.4, 0.5) is 11.4 Å². The van der Waals surface area contributed by atoms with Gasteiger partial charge in [0.25, 0.3) is 5.91 Å². The van der Waals surface area contributed by atoms with Gasteiger partial charge in [-0.2, -0.15) is 0 Å². The van der Waals surface area contributed by atoms with Gasteiger partial charge in [0, 0.05) is 17.8 Å². The second-order valence-corrected chi connectivity index (χ2v) is 6.42. The fourth-order valence-electron chi connectivity index (χ4n) is 2.31. The molecule has 0 radical (unpaired) electrons. The molecular weight excluding hydrogens is 344 g/mol. The zero-order chi connectivity index (χ0) is 19.8. The molecule has 0 aliphatic rings. The van der Waals surface area contributed by atoms with Crippen molar-refractivity contribution in [3.63, 3.8) is 0 Å². The zero-order valence-corrected chi connectivity index (χ0v) is 15.8. The molecule has 0 saturated heterocycles. The van der Waals surface area contributed by atoms with Crippen LogP contribution < -0.4 is 10.6 Å². The van der Waals surface area contributed by atoms with Crippen LogP contribution in [-0.4, -0.2) is 24.4 Å². The van der Waals surface area contributed by atoms with E-state index in [0.717, 1.165) is 16.7 Å². The molecule has 27 heavy (non-hydrogen) atoms. The van der Waals surface area contributed by atoms with Gasteiger partial charge in [0.15, 0.2) is 6.61 Å². The number of hydrogen-bond acceptors (Lipinski definition) is 4. The number of ether oxygens (including phenoxy) is 1. The average molecular weight is 368 g/mol. The van der Waals surface area contributed by atoms with Crippen molar-refractivity contribution >= 4 is 29.2 Å². The molecule has 2 amide bonds. The molecule has 0 aliphatic heterocycles. The number of hydrogen-bond donors (Lipinski definition) is 2. The molecule has 0 aliphatic carbocycles. The van der Waals surface area contributed by atoms with Gasteiger partial charge in [-0.3, -0.25) is 14.4 Å². The van der Waals surface area contributed by atoms with Crippen molar-refractivity contribution in [3.05, 3.63) is 59.2 Å². The molecule has 2 rings (SSSR count). The van der Waals surface area contributed by atoms with Gasteiger partial charge in [-0.1, -0.05) is 23.8 Å². The lowest BCUT2D eigenvalue weighted by atomic mass is 10.1. The summed E-state index contributed by atoms with van der Waals surface area (Å²) in [6.45, 7) is 5.52. The van der Waals surface area contributed by atoms with E-state index in [9.17, 15) is 14.4 Å². The van der Waals surface area contributed by atoms with Gasteiger partial charge in [-0.15, -0.1) is 0 Å². The van der Waals surface area contributed by atoms with Crippen LogP contribution in [0.1, 0.15) is 29.5 Å². The van der Waals surface area contributed by atoms with E-state index >= 15 is 0 Å². The Labute approximate surface area is 158 Å². The first-order valence-corrected chi connectivity index (χ1v) is 8.73. The maximum atomic E-state index is 11.9. The summed E-state index contributed by atoms with van der Waals surface area (Å²) >= 11 is 0. The van der Waals surface area contributed by atoms with Crippen molar-refractivity contribution < 1.29 is 19.1 Å². The molecule has 2 N–H and O–H groups in total. The summed E-state index contributed by atoms with van der Waals surface area (Å²) < 4.78 is 4.90. The fraction of sp³-hybridized carbons (Fsp3) is 0.286. The number of nitrogens with one attached hydrogen (secondary N) is 2. The standard InChI is InChI=1S/C21H24N2O4/c1-14-4-7-17(8-5-14)22-20(25)13-27-21(26)11-10-19(24)23-18-9-6-15(2)16(3)12-18/h4-9,12H,10-11,13H2,1-3H3,(H,22,25)(H,23,24). The number of carbonyl (C=O) groups is 3. The molecule has 0 spiro atoms. The summed E-state index contributed by atoms with van der Waals surface area (Å²) in [5.41, 5.74) is 4.62. The van der Waals surface area contributed by atoms with Gasteiger partial charge in [0.05, 0.1) is 6.42 Å². The second-order valence-electron chi connectivity index (χ2n) is 6.42. The molecule has 0 aromatic heterocycles. The van der Waals surface area contributed by atoms with E-state index in [1.165, 1.54) is 0 Å². The summed E-state index contributed by atoms with van der Waals surface area (Å²) in [4.78, 5) is 35.4. The minimum absolute atomic E-state index is 0.00859. The minimum Gasteiger partial charge on any atom is -0.456 e. The molecule has 6 nitrogen and oxygen atoms in total. The van der Waals surface area contributed by atoms with E-state index < -0.39 is 11.9 Å². The molecule has 0 heterocycles. The monoisotopic (exact) mass is 368 g/mol.